The van der Waals surface area contributed by atoms with E-state index in [0.717, 1.165) is 44.9 Å². The van der Waals surface area contributed by atoms with Gasteiger partial charge in [-0.3, -0.25) is 0 Å². The topological polar surface area (TPSA) is 98.0 Å². The zero-order chi connectivity index (χ0) is 21.2. The van der Waals surface area contributed by atoms with Crippen LogP contribution in [0.4, 0.5) is 4.39 Å². The molecule has 6 heteroatoms. The van der Waals surface area contributed by atoms with Gasteiger partial charge in [0.15, 0.2) is 0 Å². The third kappa shape index (κ3) is 7.86. The Labute approximate surface area is 167 Å². The van der Waals surface area contributed by atoms with Gasteiger partial charge in [-0.05, 0) is 50.4 Å². The lowest BCUT2D eigenvalue weighted by Gasteiger charge is -2.21. The van der Waals surface area contributed by atoms with Gasteiger partial charge in [0.05, 0.1) is 5.83 Å². The van der Waals surface area contributed by atoms with Crippen molar-refractivity contribution in [1.82, 2.24) is 0 Å². The monoisotopic (exact) mass is 398 g/mol. The van der Waals surface area contributed by atoms with E-state index in [0.29, 0.717) is 18.3 Å². The molecule has 0 bridgehead atoms. The molecule has 0 aromatic heterocycles. The van der Waals surface area contributed by atoms with Crippen LogP contribution in [0.5, 0.6) is 0 Å². The van der Waals surface area contributed by atoms with E-state index in [4.69, 9.17) is 5.11 Å². The molecule has 0 aliphatic heterocycles. The standard InChI is InChI=1S/C22H35FO5/c1-3-4-9-17(16(2)23)11-7-12-19-14-8-13-18(19)10-5-6-15-20(24)22(27,28)21(25)26/h5-7,12,17-20,24,27-28H,2-4,8-11,13-15H2,1H3,(H,25,26)/t17-,18+,19+,20?/m1/s1. The van der Waals surface area contributed by atoms with E-state index in [9.17, 15) is 24.5 Å². The minimum atomic E-state index is -3.14. The molecule has 28 heavy (non-hydrogen) atoms. The molecule has 1 rings (SSSR count). The van der Waals surface area contributed by atoms with Crippen LogP contribution in [-0.4, -0.2) is 38.3 Å². The second-order valence-electron chi connectivity index (χ2n) is 7.79. The Morgan fingerprint density at radius 2 is 1.96 bits per heavy atom. The van der Waals surface area contributed by atoms with E-state index < -0.39 is 17.9 Å². The van der Waals surface area contributed by atoms with Crippen LogP contribution in [0.1, 0.15) is 64.7 Å². The van der Waals surface area contributed by atoms with Crippen molar-refractivity contribution in [3.63, 3.8) is 0 Å². The lowest BCUT2D eigenvalue weighted by atomic mass is 9.90. The molecular formula is C22H35FO5. The molecule has 160 valence electrons. The van der Waals surface area contributed by atoms with Gasteiger partial charge in [0.2, 0.25) is 0 Å². The SMILES string of the molecule is C=C(F)[C@@H](CC=C[C@H]1CCC[C@@H]1CC=CCC(O)C(O)(O)C(=O)O)CCCC. The molecular weight excluding hydrogens is 363 g/mol. The van der Waals surface area contributed by atoms with Crippen LogP contribution in [0.25, 0.3) is 0 Å². The third-order valence-electron chi connectivity index (χ3n) is 5.62. The quantitative estimate of drug-likeness (QED) is 0.277. The van der Waals surface area contributed by atoms with Crippen LogP contribution in [0, 0.1) is 17.8 Å². The van der Waals surface area contributed by atoms with E-state index in [-0.39, 0.29) is 18.2 Å². The van der Waals surface area contributed by atoms with Crippen LogP contribution in [-0.2, 0) is 4.79 Å². The second-order valence-corrected chi connectivity index (χ2v) is 7.79. The molecule has 1 fully saturated rings. The van der Waals surface area contributed by atoms with Crippen LogP contribution in [0.15, 0.2) is 36.7 Å². The molecule has 0 heterocycles. The predicted molar refractivity (Wildman–Crippen MR) is 107 cm³/mol. The maximum Gasteiger partial charge on any atom is 0.366 e. The Balaban J connectivity index is 2.47. The molecule has 0 radical (unpaired) electrons. The number of hydrogen-bond donors (Lipinski definition) is 4. The zero-order valence-corrected chi connectivity index (χ0v) is 16.8. The van der Waals surface area contributed by atoms with E-state index >= 15 is 0 Å². The Morgan fingerprint density at radius 3 is 2.57 bits per heavy atom. The number of allylic oxidation sites excluding steroid dienone is 4. The fourth-order valence-corrected chi connectivity index (χ4v) is 3.69. The molecule has 0 spiro atoms. The molecule has 1 aliphatic carbocycles. The number of carboxylic acid groups (broad SMARTS) is 1. The number of carboxylic acids is 1. The van der Waals surface area contributed by atoms with Crippen molar-refractivity contribution >= 4 is 5.97 Å². The van der Waals surface area contributed by atoms with Crippen LogP contribution >= 0.6 is 0 Å². The number of unbranched alkanes of at least 4 members (excludes halogenated alkanes) is 1. The van der Waals surface area contributed by atoms with Gasteiger partial charge in [-0.1, -0.05) is 57.1 Å². The number of aliphatic hydroxyl groups is 3. The average molecular weight is 399 g/mol. The number of halogens is 1. The van der Waals surface area contributed by atoms with Crippen LogP contribution < -0.4 is 0 Å². The predicted octanol–water partition coefficient (Wildman–Crippen LogP) is 4.10. The maximum absolute atomic E-state index is 13.5. The zero-order valence-electron chi connectivity index (χ0n) is 16.8. The third-order valence-corrected chi connectivity index (χ3v) is 5.62. The summed E-state index contributed by atoms with van der Waals surface area (Å²) in [6.45, 7) is 5.55. The van der Waals surface area contributed by atoms with Crippen molar-refractivity contribution < 1.29 is 29.6 Å². The van der Waals surface area contributed by atoms with Crippen molar-refractivity contribution in [1.29, 1.82) is 0 Å². The van der Waals surface area contributed by atoms with Gasteiger partial charge in [0.1, 0.15) is 6.10 Å². The minimum Gasteiger partial charge on any atom is -0.477 e. The first-order valence-corrected chi connectivity index (χ1v) is 10.2. The van der Waals surface area contributed by atoms with E-state index in [1.165, 1.54) is 0 Å². The molecule has 0 aromatic rings. The number of rotatable bonds is 13. The van der Waals surface area contributed by atoms with Crippen molar-refractivity contribution in [2.75, 3.05) is 0 Å². The van der Waals surface area contributed by atoms with Crippen molar-refractivity contribution in [2.45, 2.75) is 76.6 Å². The summed E-state index contributed by atoms with van der Waals surface area (Å²) in [5.41, 5.74) is 0. The molecule has 4 atom stereocenters. The van der Waals surface area contributed by atoms with Gasteiger partial charge in [-0.25, -0.2) is 9.18 Å². The highest BCUT2D eigenvalue weighted by Gasteiger charge is 2.40. The van der Waals surface area contributed by atoms with Gasteiger partial charge in [0.25, 0.3) is 5.79 Å². The Kier molecular flexibility index (Phi) is 10.6. The summed E-state index contributed by atoms with van der Waals surface area (Å²) in [5, 5.41) is 36.8. The van der Waals surface area contributed by atoms with Gasteiger partial charge in [-0.2, -0.15) is 0 Å². The van der Waals surface area contributed by atoms with E-state index in [1.54, 1.807) is 6.08 Å². The smallest absolute Gasteiger partial charge is 0.366 e. The normalized spacial score (nSPS) is 22.8. The molecule has 0 saturated heterocycles. The second kappa shape index (κ2) is 12.1. The summed E-state index contributed by atoms with van der Waals surface area (Å²) < 4.78 is 13.5. The highest BCUT2D eigenvalue weighted by atomic mass is 19.1. The molecule has 0 amide bonds. The molecule has 1 saturated carbocycles. The number of aliphatic carboxylic acids is 1. The highest BCUT2D eigenvalue weighted by molar-refractivity contribution is 5.75. The van der Waals surface area contributed by atoms with Crippen molar-refractivity contribution in [3.05, 3.63) is 36.7 Å². The highest BCUT2D eigenvalue weighted by Crippen LogP contribution is 2.36. The van der Waals surface area contributed by atoms with Crippen LogP contribution in [0.3, 0.4) is 0 Å². The number of hydrogen-bond acceptors (Lipinski definition) is 4. The maximum atomic E-state index is 13.5. The molecule has 4 N–H and O–H groups in total. The lowest BCUT2D eigenvalue weighted by molar-refractivity contribution is -0.235. The molecule has 0 aromatic carbocycles. The summed E-state index contributed by atoms with van der Waals surface area (Å²) in [6, 6.07) is 0. The number of aliphatic hydroxyl groups excluding tert-OH is 1. The Hall–Kier alpha value is -1.50. The van der Waals surface area contributed by atoms with Gasteiger partial charge in [-0.15, -0.1) is 0 Å². The average Bonchev–Trinajstić information content (AvgIpc) is 3.08. The summed E-state index contributed by atoms with van der Waals surface area (Å²) in [4.78, 5) is 10.7. The molecule has 1 unspecified atom stereocenters. The van der Waals surface area contributed by atoms with E-state index in [2.05, 4.69) is 25.7 Å². The van der Waals surface area contributed by atoms with Crippen molar-refractivity contribution in [3.8, 4) is 0 Å². The molecule has 1 aliphatic rings. The summed E-state index contributed by atoms with van der Waals surface area (Å²) >= 11 is 0. The summed E-state index contributed by atoms with van der Waals surface area (Å²) in [5.74, 6) is -4.50. The first kappa shape index (κ1) is 24.5. The first-order valence-electron chi connectivity index (χ1n) is 10.2. The summed E-state index contributed by atoms with van der Waals surface area (Å²) in [7, 11) is 0. The van der Waals surface area contributed by atoms with Gasteiger partial charge >= 0.3 is 5.97 Å². The minimum absolute atomic E-state index is 0.107. The Bertz CT molecular complexity index is 555. The number of carbonyl (C=O) groups is 1. The first-order chi connectivity index (χ1) is 13.2. The fraction of sp³-hybridized carbons (Fsp3) is 0.682. The van der Waals surface area contributed by atoms with Gasteiger partial charge in [0, 0.05) is 5.92 Å². The van der Waals surface area contributed by atoms with Crippen LogP contribution in [0.2, 0.25) is 0 Å². The van der Waals surface area contributed by atoms with Crippen molar-refractivity contribution in [2.24, 2.45) is 17.8 Å². The summed E-state index contributed by atoms with van der Waals surface area (Å²) in [6.07, 6.45) is 13.3. The Morgan fingerprint density at radius 1 is 1.25 bits per heavy atom. The van der Waals surface area contributed by atoms with Gasteiger partial charge < -0.3 is 20.4 Å². The fourth-order valence-electron chi connectivity index (χ4n) is 3.69. The largest absolute Gasteiger partial charge is 0.477 e. The lowest BCUT2D eigenvalue weighted by Crippen LogP contribution is -2.49. The molecule has 5 nitrogen and oxygen atoms in total. The van der Waals surface area contributed by atoms with E-state index in [1.807, 2.05) is 6.08 Å².